The number of thiophene rings is 1. The fourth-order valence-electron chi connectivity index (χ4n) is 2.38. The number of anilines is 1. The van der Waals surface area contributed by atoms with E-state index in [-0.39, 0.29) is 0 Å². The van der Waals surface area contributed by atoms with Gasteiger partial charge in [-0.05, 0) is 48.4 Å². The highest BCUT2D eigenvalue weighted by molar-refractivity contribution is 7.10. The minimum absolute atomic E-state index is 0.384. The molecule has 18 heavy (non-hydrogen) atoms. The number of hydrogen-bond acceptors (Lipinski definition) is 4. The Morgan fingerprint density at radius 3 is 3.11 bits per heavy atom. The number of nitrogens with one attached hydrogen (secondary N) is 1. The zero-order valence-corrected chi connectivity index (χ0v) is 10.7. The van der Waals surface area contributed by atoms with Crippen molar-refractivity contribution < 1.29 is 0 Å². The second-order valence-electron chi connectivity index (χ2n) is 4.43. The Morgan fingerprint density at radius 2 is 2.33 bits per heavy atom. The molecule has 1 atom stereocenters. The van der Waals surface area contributed by atoms with Crippen molar-refractivity contribution in [3.8, 4) is 6.07 Å². The molecular weight excluding hydrogens is 242 g/mol. The van der Waals surface area contributed by atoms with Crippen LogP contribution in [0.1, 0.15) is 35.0 Å². The Bertz CT molecular complexity index is 580. The second-order valence-corrected chi connectivity index (χ2v) is 5.43. The lowest BCUT2D eigenvalue weighted by Crippen LogP contribution is -2.15. The van der Waals surface area contributed by atoms with Crippen molar-refractivity contribution in [1.29, 1.82) is 5.26 Å². The van der Waals surface area contributed by atoms with Crippen LogP contribution in [0.3, 0.4) is 0 Å². The number of pyridine rings is 1. The summed E-state index contributed by atoms with van der Waals surface area (Å²) in [5.74, 6) is 0. The van der Waals surface area contributed by atoms with Crippen LogP contribution >= 0.6 is 11.3 Å². The van der Waals surface area contributed by atoms with Crippen molar-refractivity contribution in [3.63, 3.8) is 0 Å². The molecule has 2 heterocycles. The predicted octanol–water partition coefficient (Wildman–Crippen LogP) is 3.50. The van der Waals surface area contributed by atoms with Gasteiger partial charge in [0.15, 0.2) is 0 Å². The zero-order chi connectivity index (χ0) is 12.4. The van der Waals surface area contributed by atoms with Gasteiger partial charge in [0.2, 0.25) is 0 Å². The average molecular weight is 255 g/mol. The Labute approximate surface area is 110 Å². The third-order valence-corrected chi connectivity index (χ3v) is 4.27. The molecule has 0 radical (unpaired) electrons. The van der Waals surface area contributed by atoms with Crippen LogP contribution in [-0.4, -0.2) is 4.98 Å². The van der Waals surface area contributed by atoms with E-state index in [0.29, 0.717) is 11.7 Å². The summed E-state index contributed by atoms with van der Waals surface area (Å²) >= 11 is 1.85. The minimum atomic E-state index is 0.384. The van der Waals surface area contributed by atoms with Gasteiger partial charge in [0, 0.05) is 4.88 Å². The lowest BCUT2D eigenvalue weighted by molar-refractivity contribution is 0.608. The van der Waals surface area contributed by atoms with Crippen molar-refractivity contribution in [3.05, 3.63) is 45.9 Å². The van der Waals surface area contributed by atoms with Crippen molar-refractivity contribution in [2.75, 3.05) is 5.32 Å². The highest BCUT2D eigenvalue weighted by Gasteiger charge is 2.20. The van der Waals surface area contributed by atoms with Gasteiger partial charge in [-0.2, -0.15) is 5.26 Å². The highest BCUT2D eigenvalue weighted by Crippen LogP contribution is 2.35. The molecule has 0 saturated carbocycles. The summed E-state index contributed by atoms with van der Waals surface area (Å²) in [6, 6.07) is 8.30. The van der Waals surface area contributed by atoms with E-state index in [1.54, 1.807) is 12.3 Å². The van der Waals surface area contributed by atoms with E-state index in [4.69, 9.17) is 5.26 Å². The Kier molecular flexibility index (Phi) is 2.99. The molecule has 3 rings (SSSR count). The number of rotatable bonds is 2. The molecule has 2 aromatic heterocycles. The third-order valence-electron chi connectivity index (χ3n) is 3.27. The maximum Gasteiger partial charge on any atom is 0.140 e. The van der Waals surface area contributed by atoms with E-state index in [0.717, 1.165) is 12.1 Å². The Morgan fingerprint density at radius 1 is 1.39 bits per heavy atom. The molecule has 2 aromatic rings. The topological polar surface area (TPSA) is 48.7 Å². The molecule has 0 spiro atoms. The van der Waals surface area contributed by atoms with Gasteiger partial charge in [0.1, 0.15) is 11.8 Å². The molecule has 1 unspecified atom stereocenters. The fraction of sp³-hybridized carbons (Fsp3) is 0.286. The van der Waals surface area contributed by atoms with Gasteiger partial charge in [-0.1, -0.05) is 0 Å². The van der Waals surface area contributed by atoms with Crippen LogP contribution < -0.4 is 5.32 Å². The van der Waals surface area contributed by atoms with Gasteiger partial charge < -0.3 is 5.32 Å². The van der Waals surface area contributed by atoms with Crippen LogP contribution in [-0.2, 0) is 6.42 Å². The van der Waals surface area contributed by atoms with Gasteiger partial charge in [-0.25, -0.2) is 4.98 Å². The van der Waals surface area contributed by atoms with Crippen LogP contribution in [0.5, 0.6) is 0 Å². The Balaban J connectivity index is 1.80. The van der Waals surface area contributed by atoms with E-state index in [1.807, 2.05) is 23.5 Å². The second kappa shape index (κ2) is 4.79. The highest BCUT2D eigenvalue weighted by atomic mass is 32.1. The molecule has 0 saturated heterocycles. The smallest absolute Gasteiger partial charge is 0.140 e. The van der Waals surface area contributed by atoms with Gasteiger partial charge in [-0.3, -0.25) is 0 Å². The summed E-state index contributed by atoms with van der Waals surface area (Å²) in [5.41, 5.74) is 2.87. The van der Waals surface area contributed by atoms with Gasteiger partial charge in [-0.15, -0.1) is 11.3 Å². The lowest BCUT2D eigenvalue weighted by Gasteiger charge is -2.24. The SMILES string of the molecule is N#Cc1ccc(NC2CCCc3sccc32)cn1. The summed E-state index contributed by atoms with van der Waals surface area (Å²) in [6.07, 6.45) is 5.33. The van der Waals surface area contributed by atoms with E-state index in [2.05, 4.69) is 21.7 Å². The summed E-state index contributed by atoms with van der Waals surface area (Å²) < 4.78 is 0. The van der Waals surface area contributed by atoms with E-state index in [1.165, 1.54) is 23.3 Å². The van der Waals surface area contributed by atoms with Crippen LogP contribution in [0, 0.1) is 11.3 Å². The van der Waals surface area contributed by atoms with Gasteiger partial charge in [0.25, 0.3) is 0 Å². The summed E-state index contributed by atoms with van der Waals surface area (Å²) in [5, 5.41) is 14.4. The van der Waals surface area contributed by atoms with Crippen LogP contribution in [0.15, 0.2) is 29.8 Å². The van der Waals surface area contributed by atoms with Crippen molar-refractivity contribution in [2.24, 2.45) is 0 Å². The summed E-state index contributed by atoms with van der Waals surface area (Å²) in [6.45, 7) is 0. The zero-order valence-electron chi connectivity index (χ0n) is 9.89. The quantitative estimate of drug-likeness (QED) is 0.893. The van der Waals surface area contributed by atoms with Gasteiger partial charge in [0.05, 0.1) is 17.9 Å². The molecule has 0 fully saturated rings. The van der Waals surface area contributed by atoms with Crippen molar-refractivity contribution >= 4 is 17.0 Å². The summed E-state index contributed by atoms with van der Waals surface area (Å²) in [7, 11) is 0. The average Bonchev–Trinajstić information content (AvgIpc) is 2.89. The number of nitrogens with zero attached hydrogens (tertiary/aromatic N) is 2. The first-order chi connectivity index (χ1) is 8.86. The molecule has 1 aliphatic carbocycles. The molecule has 0 aliphatic heterocycles. The van der Waals surface area contributed by atoms with Gasteiger partial charge >= 0.3 is 0 Å². The van der Waals surface area contributed by atoms with Crippen LogP contribution in [0.2, 0.25) is 0 Å². The molecule has 1 aliphatic rings. The molecule has 3 nitrogen and oxygen atoms in total. The fourth-order valence-corrected chi connectivity index (χ4v) is 3.37. The van der Waals surface area contributed by atoms with E-state index in [9.17, 15) is 0 Å². The number of aryl methyl sites for hydroxylation is 1. The first kappa shape index (κ1) is 11.2. The molecular formula is C14H13N3S. The monoisotopic (exact) mass is 255 g/mol. The van der Waals surface area contributed by atoms with Crippen molar-refractivity contribution in [2.45, 2.75) is 25.3 Å². The Hall–Kier alpha value is -1.86. The van der Waals surface area contributed by atoms with Crippen LogP contribution in [0.4, 0.5) is 5.69 Å². The number of fused-ring (bicyclic) bond motifs is 1. The van der Waals surface area contributed by atoms with Crippen molar-refractivity contribution in [1.82, 2.24) is 4.98 Å². The van der Waals surface area contributed by atoms with E-state index >= 15 is 0 Å². The van der Waals surface area contributed by atoms with Crippen LogP contribution in [0.25, 0.3) is 0 Å². The first-order valence-corrected chi connectivity index (χ1v) is 6.94. The molecule has 1 N–H and O–H groups in total. The summed E-state index contributed by atoms with van der Waals surface area (Å²) in [4.78, 5) is 5.59. The van der Waals surface area contributed by atoms with E-state index < -0.39 is 0 Å². The number of hydrogen-bond donors (Lipinski definition) is 1. The normalized spacial score (nSPS) is 17.8. The molecule has 4 heteroatoms. The maximum absolute atomic E-state index is 8.72. The first-order valence-electron chi connectivity index (χ1n) is 6.06. The largest absolute Gasteiger partial charge is 0.377 e. The predicted molar refractivity (Wildman–Crippen MR) is 72.6 cm³/mol. The molecule has 0 amide bonds. The number of nitriles is 1. The molecule has 90 valence electrons. The standard InChI is InChI=1S/C14H13N3S/c15-8-10-4-5-11(9-16-10)17-13-2-1-3-14-12(13)6-7-18-14/h4-7,9,13,17H,1-3H2. The lowest BCUT2D eigenvalue weighted by atomic mass is 9.94. The molecule has 0 aromatic carbocycles. The number of aromatic nitrogens is 1. The third kappa shape index (κ3) is 2.09. The maximum atomic E-state index is 8.72. The molecule has 0 bridgehead atoms. The minimum Gasteiger partial charge on any atom is -0.377 e.